The van der Waals surface area contributed by atoms with Crippen LogP contribution in [0.4, 0.5) is 0 Å². The minimum atomic E-state index is -4.35. The summed E-state index contributed by atoms with van der Waals surface area (Å²) in [7, 11) is -4.35. The lowest BCUT2D eigenvalue weighted by atomic mass is 10.2. The summed E-state index contributed by atoms with van der Waals surface area (Å²) in [4.78, 5) is 17.3. The van der Waals surface area contributed by atoms with Crippen LogP contribution in [0.25, 0.3) is 0 Å². The molecule has 0 saturated carbocycles. The van der Waals surface area contributed by atoms with Crippen molar-refractivity contribution in [3.05, 3.63) is 35.9 Å². The molecular weight excluding hydrogens is 229 g/mol. The van der Waals surface area contributed by atoms with E-state index < -0.39 is 13.4 Å². The van der Waals surface area contributed by atoms with Crippen LogP contribution in [0.5, 0.6) is 0 Å². The van der Waals surface area contributed by atoms with E-state index >= 15 is 0 Å². The molecular formula is C10H16NO4P. The maximum absolute atomic E-state index is 10.6. The molecule has 0 aliphatic rings. The molecule has 0 heterocycles. The van der Waals surface area contributed by atoms with E-state index in [0.717, 1.165) is 5.56 Å². The summed E-state index contributed by atoms with van der Waals surface area (Å²) in [6.07, 6.45) is 0.0388. The first-order valence-corrected chi connectivity index (χ1v) is 6.66. The number of aliphatic hydroxyl groups excluding tert-OH is 1. The van der Waals surface area contributed by atoms with E-state index in [0.29, 0.717) is 13.1 Å². The SMILES string of the molecule is O=P(O)(O)C(O)CCNCc1ccccc1. The second-order valence-corrected chi connectivity index (χ2v) is 5.30. The van der Waals surface area contributed by atoms with E-state index in [4.69, 9.17) is 14.9 Å². The third-order valence-electron chi connectivity index (χ3n) is 2.14. The Hall–Kier alpha value is -0.710. The van der Waals surface area contributed by atoms with Crippen molar-refractivity contribution >= 4 is 7.60 Å². The van der Waals surface area contributed by atoms with Crippen LogP contribution in [-0.4, -0.2) is 27.3 Å². The Bertz CT molecular complexity index is 351. The lowest BCUT2D eigenvalue weighted by molar-refractivity contribution is 0.193. The highest BCUT2D eigenvalue weighted by Crippen LogP contribution is 2.40. The van der Waals surface area contributed by atoms with Crippen molar-refractivity contribution in [1.82, 2.24) is 5.32 Å². The molecule has 1 aromatic rings. The van der Waals surface area contributed by atoms with Crippen molar-refractivity contribution in [2.45, 2.75) is 18.8 Å². The Labute approximate surface area is 94.3 Å². The molecule has 0 aromatic heterocycles. The van der Waals surface area contributed by atoms with Crippen molar-refractivity contribution in [3.63, 3.8) is 0 Å². The zero-order valence-electron chi connectivity index (χ0n) is 8.78. The summed E-state index contributed by atoms with van der Waals surface area (Å²) in [6, 6.07) is 9.66. The van der Waals surface area contributed by atoms with E-state index in [9.17, 15) is 4.57 Å². The minimum absolute atomic E-state index is 0.0388. The van der Waals surface area contributed by atoms with Gasteiger partial charge in [-0.1, -0.05) is 30.3 Å². The molecule has 5 nitrogen and oxygen atoms in total. The van der Waals surface area contributed by atoms with Gasteiger partial charge in [-0.25, -0.2) is 0 Å². The van der Waals surface area contributed by atoms with Crippen LogP contribution in [-0.2, 0) is 11.1 Å². The maximum Gasteiger partial charge on any atom is 0.353 e. The minimum Gasteiger partial charge on any atom is -0.380 e. The van der Waals surface area contributed by atoms with Gasteiger partial charge in [0, 0.05) is 6.54 Å². The molecule has 4 N–H and O–H groups in total. The van der Waals surface area contributed by atoms with E-state index in [1.54, 1.807) is 0 Å². The molecule has 1 atom stereocenters. The topological polar surface area (TPSA) is 89.8 Å². The van der Waals surface area contributed by atoms with Crippen LogP contribution < -0.4 is 5.32 Å². The maximum atomic E-state index is 10.6. The second-order valence-electron chi connectivity index (χ2n) is 3.52. The van der Waals surface area contributed by atoms with Crippen LogP contribution in [0.2, 0.25) is 0 Å². The molecule has 90 valence electrons. The van der Waals surface area contributed by atoms with E-state index in [-0.39, 0.29) is 6.42 Å². The van der Waals surface area contributed by atoms with E-state index in [1.165, 1.54) is 0 Å². The molecule has 0 bridgehead atoms. The monoisotopic (exact) mass is 245 g/mol. The number of hydrogen-bond acceptors (Lipinski definition) is 3. The third kappa shape index (κ3) is 4.88. The van der Waals surface area contributed by atoms with Gasteiger partial charge in [0.1, 0.15) is 0 Å². The predicted octanol–water partition coefficient (Wildman–Crippen LogP) is 0.662. The summed E-state index contributed by atoms with van der Waals surface area (Å²) < 4.78 is 10.6. The van der Waals surface area contributed by atoms with Gasteiger partial charge >= 0.3 is 7.60 Å². The van der Waals surface area contributed by atoms with Crippen LogP contribution in [0, 0.1) is 0 Å². The molecule has 16 heavy (non-hydrogen) atoms. The molecule has 1 aromatic carbocycles. The molecule has 0 aliphatic heterocycles. The number of hydrogen-bond donors (Lipinski definition) is 4. The average Bonchev–Trinajstić information content (AvgIpc) is 2.24. The molecule has 1 unspecified atom stereocenters. The van der Waals surface area contributed by atoms with Crippen molar-refractivity contribution in [1.29, 1.82) is 0 Å². The van der Waals surface area contributed by atoms with Gasteiger partial charge < -0.3 is 20.2 Å². The Morgan fingerprint density at radius 1 is 1.25 bits per heavy atom. The third-order valence-corrected chi connectivity index (χ3v) is 3.17. The first-order valence-electron chi connectivity index (χ1n) is 4.98. The molecule has 0 radical (unpaired) electrons. The Morgan fingerprint density at radius 2 is 1.88 bits per heavy atom. The fourth-order valence-corrected chi connectivity index (χ4v) is 1.69. The molecule has 1 rings (SSSR count). The van der Waals surface area contributed by atoms with E-state index in [2.05, 4.69) is 5.32 Å². The highest BCUT2D eigenvalue weighted by atomic mass is 31.2. The van der Waals surface area contributed by atoms with Gasteiger partial charge in [-0.15, -0.1) is 0 Å². The van der Waals surface area contributed by atoms with Gasteiger partial charge in [0.2, 0.25) is 0 Å². The zero-order valence-corrected chi connectivity index (χ0v) is 9.68. The van der Waals surface area contributed by atoms with Gasteiger partial charge in [-0.05, 0) is 18.5 Å². The number of aliphatic hydroxyl groups is 1. The lowest BCUT2D eigenvalue weighted by Gasteiger charge is -2.12. The zero-order chi connectivity index (χ0) is 12.0. The highest BCUT2D eigenvalue weighted by molar-refractivity contribution is 7.52. The normalized spacial score (nSPS) is 13.7. The van der Waals surface area contributed by atoms with Crippen molar-refractivity contribution in [2.24, 2.45) is 0 Å². The number of benzene rings is 1. The quantitative estimate of drug-likeness (QED) is 0.436. The standard InChI is InChI=1S/C10H16NO4P/c12-10(16(13,14)15)6-7-11-8-9-4-2-1-3-5-9/h1-5,10-12H,6-8H2,(H2,13,14,15). The van der Waals surface area contributed by atoms with Crippen LogP contribution >= 0.6 is 7.60 Å². The van der Waals surface area contributed by atoms with Gasteiger partial charge in [-0.3, -0.25) is 4.57 Å². The Kier molecular flexibility index (Phi) is 5.12. The average molecular weight is 245 g/mol. The molecule has 6 heteroatoms. The smallest absolute Gasteiger partial charge is 0.353 e. The van der Waals surface area contributed by atoms with Gasteiger partial charge in [-0.2, -0.15) is 0 Å². The second kappa shape index (κ2) is 6.13. The molecule has 0 amide bonds. The van der Waals surface area contributed by atoms with Gasteiger partial charge in [0.15, 0.2) is 5.85 Å². The van der Waals surface area contributed by atoms with Gasteiger partial charge in [0.05, 0.1) is 0 Å². The van der Waals surface area contributed by atoms with Gasteiger partial charge in [0.25, 0.3) is 0 Å². The largest absolute Gasteiger partial charge is 0.380 e. The van der Waals surface area contributed by atoms with Crippen LogP contribution in [0.3, 0.4) is 0 Å². The molecule has 0 spiro atoms. The summed E-state index contributed by atoms with van der Waals surface area (Å²) in [5.41, 5.74) is 1.09. The fraction of sp³-hybridized carbons (Fsp3) is 0.400. The summed E-state index contributed by atoms with van der Waals surface area (Å²) in [5.74, 6) is -1.57. The summed E-state index contributed by atoms with van der Waals surface area (Å²) in [5, 5.41) is 12.1. The van der Waals surface area contributed by atoms with Crippen molar-refractivity contribution in [3.8, 4) is 0 Å². The summed E-state index contributed by atoms with van der Waals surface area (Å²) in [6.45, 7) is 0.982. The highest BCUT2D eigenvalue weighted by Gasteiger charge is 2.25. The lowest BCUT2D eigenvalue weighted by Crippen LogP contribution is -2.20. The first-order chi connectivity index (χ1) is 7.50. The predicted molar refractivity (Wildman–Crippen MR) is 60.8 cm³/mol. The molecule has 0 fully saturated rings. The number of rotatable bonds is 6. The Morgan fingerprint density at radius 3 is 2.44 bits per heavy atom. The summed E-state index contributed by atoms with van der Waals surface area (Å²) >= 11 is 0. The Balaban J connectivity index is 2.20. The van der Waals surface area contributed by atoms with Crippen molar-refractivity contribution in [2.75, 3.05) is 6.54 Å². The fourth-order valence-electron chi connectivity index (χ4n) is 1.23. The first kappa shape index (κ1) is 13.4. The van der Waals surface area contributed by atoms with Crippen LogP contribution in [0.15, 0.2) is 30.3 Å². The molecule has 0 saturated heterocycles. The van der Waals surface area contributed by atoms with E-state index in [1.807, 2.05) is 30.3 Å². The number of nitrogens with one attached hydrogen (secondary N) is 1. The molecule has 0 aliphatic carbocycles. The van der Waals surface area contributed by atoms with Crippen molar-refractivity contribution < 1.29 is 19.5 Å². The van der Waals surface area contributed by atoms with Crippen LogP contribution in [0.1, 0.15) is 12.0 Å².